The van der Waals surface area contributed by atoms with Crippen molar-refractivity contribution >= 4 is 5.69 Å². The molecule has 1 radical (unpaired) electrons. The molecule has 0 bridgehead atoms. The molecular formula is C14H15N4. The minimum absolute atomic E-state index is 0.664. The smallest absolute Gasteiger partial charge is 0.0991 e. The summed E-state index contributed by atoms with van der Waals surface area (Å²) in [5.74, 6) is 0. The second-order valence-electron chi connectivity index (χ2n) is 4.08. The number of nitrogens with zero attached hydrogens (tertiary/aromatic N) is 4. The van der Waals surface area contributed by atoms with Crippen molar-refractivity contribution in [3.63, 3.8) is 0 Å². The van der Waals surface area contributed by atoms with Crippen LogP contribution in [0, 0.1) is 18.3 Å². The van der Waals surface area contributed by atoms with Gasteiger partial charge in [0.15, 0.2) is 0 Å². The third-order valence-electron chi connectivity index (χ3n) is 2.90. The monoisotopic (exact) mass is 239 g/mol. The van der Waals surface area contributed by atoms with Crippen molar-refractivity contribution in [2.75, 3.05) is 11.4 Å². The van der Waals surface area contributed by atoms with Crippen molar-refractivity contribution in [1.29, 1.82) is 5.26 Å². The van der Waals surface area contributed by atoms with Crippen LogP contribution in [0.3, 0.4) is 0 Å². The molecule has 0 saturated carbocycles. The van der Waals surface area contributed by atoms with Crippen LogP contribution in [0.25, 0.3) is 0 Å². The Bertz CT molecular complexity index is 548. The molecule has 1 aromatic carbocycles. The first-order valence-corrected chi connectivity index (χ1v) is 5.74. The first-order chi connectivity index (χ1) is 8.74. The molecule has 0 aliphatic rings. The average molecular weight is 239 g/mol. The summed E-state index contributed by atoms with van der Waals surface area (Å²) in [6.45, 7) is 5.37. The maximum Gasteiger partial charge on any atom is 0.0991 e. The molecule has 1 aromatic heterocycles. The predicted molar refractivity (Wildman–Crippen MR) is 70.8 cm³/mol. The molecule has 2 rings (SSSR count). The van der Waals surface area contributed by atoms with Crippen LogP contribution >= 0.6 is 0 Å². The molecule has 2 aromatic rings. The van der Waals surface area contributed by atoms with Crippen LogP contribution in [0.5, 0.6) is 0 Å². The van der Waals surface area contributed by atoms with Crippen LogP contribution in [-0.2, 0) is 13.6 Å². The molecule has 4 nitrogen and oxygen atoms in total. The Labute approximate surface area is 107 Å². The van der Waals surface area contributed by atoms with E-state index in [0.29, 0.717) is 12.1 Å². The number of imidazole rings is 1. The molecule has 0 spiro atoms. The average Bonchev–Trinajstić information content (AvgIpc) is 2.81. The van der Waals surface area contributed by atoms with Crippen molar-refractivity contribution in [3.05, 3.63) is 55.0 Å². The number of anilines is 1. The Hall–Kier alpha value is -2.28. The fourth-order valence-electron chi connectivity index (χ4n) is 1.78. The highest BCUT2D eigenvalue weighted by molar-refractivity contribution is 5.50. The number of rotatable bonds is 4. The molecule has 0 amide bonds. The predicted octanol–water partition coefficient (Wildman–Crippen LogP) is 2.13. The van der Waals surface area contributed by atoms with Crippen LogP contribution in [0.15, 0.2) is 36.8 Å². The number of aromatic nitrogens is 2. The van der Waals surface area contributed by atoms with Gasteiger partial charge in [-0.2, -0.15) is 5.26 Å². The molecule has 91 valence electrons. The molecule has 0 aliphatic carbocycles. The fourth-order valence-corrected chi connectivity index (χ4v) is 1.78. The summed E-state index contributed by atoms with van der Waals surface area (Å²) >= 11 is 0. The number of hydrogen-bond donors (Lipinski definition) is 0. The molecule has 0 fully saturated rings. The van der Waals surface area contributed by atoms with E-state index in [1.54, 1.807) is 6.33 Å². The molecular weight excluding hydrogens is 224 g/mol. The number of aryl methyl sites for hydroxylation is 1. The van der Waals surface area contributed by atoms with E-state index in [9.17, 15) is 0 Å². The van der Waals surface area contributed by atoms with Gasteiger partial charge in [-0.25, -0.2) is 4.98 Å². The van der Waals surface area contributed by atoms with Gasteiger partial charge in [0, 0.05) is 25.5 Å². The standard InChI is InChI=1S/C14H15N4/c1-3-18(10-14-9-16-11-17(14)2)13-6-4-12(8-15)5-7-13/h4-7,9,11H,1,3,10H2,2H3. The molecule has 0 unspecified atom stereocenters. The lowest BCUT2D eigenvalue weighted by atomic mass is 10.2. The van der Waals surface area contributed by atoms with Gasteiger partial charge in [0.2, 0.25) is 0 Å². The summed E-state index contributed by atoms with van der Waals surface area (Å²) in [4.78, 5) is 6.24. The van der Waals surface area contributed by atoms with Gasteiger partial charge in [-0.05, 0) is 31.2 Å². The largest absolute Gasteiger partial charge is 0.366 e. The summed E-state index contributed by atoms with van der Waals surface area (Å²) < 4.78 is 1.99. The van der Waals surface area contributed by atoms with Gasteiger partial charge in [0.05, 0.1) is 30.2 Å². The van der Waals surface area contributed by atoms with Crippen LogP contribution in [0.2, 0.25) is 0 Å². The van der Waals surface area contributed by atoms with E-state index in [1.807, 2.05) is 42.1 Å². The van der Waals surface area contributed by atoms with E-state index >= 15 is 0 Å². The number of hydrogen-bond acceptors (Lipinski definition) is 3. The normalized spacial score (nSPS) is 10.1. The van der Waals surface area contributed by atoms with Crippen molar-refractivity contribution < 1.29 is 0 Å². The Morgan fingerprint density at radius 1 is 1.39 bits per heavy atom. The topological polar surface area (TPSA) is 44.9 Å². The Morgan fingerprint density at radius 3 is 2.61 bits per heavy atom. The summed E-state index contributed by atoms with van der Waals surface area (Å²) in [5, 5.41) is 8.78. The van der Waals surface area contributed by atoms with Gasteiger partial charge in [-0.15, -0.1) is 0 Å². The maximum atomic E-state index is 8.78. The SMILES string of the molecule is [CH2]CN(Cc1cncn1C)c1ccc(C#N)cc1. The van der Waals surface area contributed by atoms with Crippen molar-refractivity contribution in [2.45, 2.75) is 6.54 Å². The summed E-state index contributed by atoms with van der Waals surface area (Å²) in [6.07, 6.45) is 3.64. The zero-order valence-electron chi connectivity index (χ0n) is 10.4. The van der Waals surface area contributed by atoms with Gasteiger partial charge >= 0.3 is 0 Å². The highest BCUT2D eigenvalue weighted by atomic mass is 15.2. The first kappa shape index (κ1) is 12.2. The lowest BCUT2D eigenvalue weighted by Gasteiger charge is -2.23. The second-order valence-corrected chi connectivity index (χ2v) is 4.08. The van der Waals surface area contributed by atoms with E-state index in [4.69, 9.17) is 5.26 Å². The van der Waals surface area contributed by atoms with Crippen molar-refractivity contribution in [1.82, 2.24) is 9.55 Å². The van der Waals surface area contributed by atoms with E-state index in [-0.39, 0.29) is 0 Å². The Balaban J connectivity index is 2.18. The van der Waals surface area contributed by atoms with E-state index < -0.39 is 0 Å². The summed E-state index contributed by atoms with van der Waals surface area (Å²) in [5.41, 5.74) is 2.86. The number of nitriles is 1. The van der Waals surface area contributed by atoms with Crippen molar-refractivity contribution in [2.24, 2.45) is 7.05 Å². The minimum Gasteiger partial charge on any atom is -0.366 e. The highest BCUT2D eigenvalue weighted by Gasteiger charge is 2.07. The molecule has 0 N–H and O–H groups in total. The highest BCUT2D eigenvalue weighted by Crippen LogP contribution is 2.17. The second kappa shape index (κ2) is 5.37. The van der Waals surface area contributed by atoms with Crippen LogP contribution in [0.4, 0.5) is 5.69 Å². The zero-order chi connectivity index (χ0) is 13.0. The van der Waals surface area contributed by atoms with Gasteiger partial charge < -0.3 is 9.47 Å². The fraction of sp³-hybridized carbons (Fsp3) is 0.214. The molecule has 0 atom stereocenters. The van der Waals surface area contributed by atoms with E-state index in [0.717, 1.165) is 17.9 Å². The lowest BCUT2D eigenvalue weighted by Crippen LogP contribution is -2.23. The van der Waals surface area contributed by atoms with Gasteiger partial charge in [0.25, 0.3) is 0 Å². The summed E-state index contributed by atoms with van der Waals surface area (Å²) in [6, 6.07) is 9.65. The van der Waals surface area contributed by atoms with Crippen LogP contribution < -0.4 is 4.90 Å². The maximum absolute atomic E-state index is 8.78. The molecule has 0 saturated heterocycles. The Morgan fingerprint density at radius 2 is 2.11 bits per heavy atom. The van der Waals surface area contributed by atoms with Gasteiger partial charge in [-0.1, -0.05) is 0 Å². The Kier molecular flexibility index (Phi) is 3.63. The summed E-state index contributed by atoms with van der Waals surface area (Å²) in [7, 11) is 1.97. The van der Waals surface area contributed by atoms with Gasteiger partial charge in [0.1, 0.15) is 0 Å². The third kappa shape index (κ3) is 2.51. The van der Waals surface area contributed by atoms with E-state index in [2.05, 4.69) is 22.9 Å². The van der Waals surface area contributed by atoms with Crippen molar-refractivity contribution in [3.8, 4) is 6.07 Å². The molecule has 4 heteroatoms. The molecule has 18 heavy (non-hydrogen) atoms. The molecule has 1 heterocycles. The zero-order valence-corrected chi connectivity index (χ0v) is 10.4. The quantitative estimate of drug-likeness (QED) is 0.821. The van der Waals surface area contributed by atoms with E-state index in [1.165, 1.54) is 0 Å². The minimum atomic E-state index is 0.664. The van der Waals surface area contributed by atoms with Crippen LogP contribution in [-0.4, -0.2) is 16.1 Å². The van der Waals surface area contributed by atoms with Gasteiger partial charge in [-0.3, -0.25) is 0 Å². The van der Waals surface area contributed by atoms with Crippen LogP contribution in [0.1, 0.15) is 11.3 Å². The molecule has 0 aliphatic heterocycles. The first-order valence-electron chi connectivity index (χ1n) is 5.74. The number of benzene rings is 1. The lowest BCUT2D eigenvalue weighted by molar-refractivity contribution is 0.768. The third-order valence-corrected chi connectivity index (χ3v) is 2.90.